The number of aromatic nitrogens is 4. The lowest BCUT2D eigenvalue weighted by molar-refractivity contribution is 0.289. The fraction of sp³-hybridized carbons (Fsp3) is 0.167. The second-order valence-electron chi connectivity index (χ2n) is 5.60. The average Bonchev–Trinajstić information content (AvgIpc) is 3.21. The molecule has 0 radical (unpaired) electrons. The molecule has 2 heterocycles. The van der Waals surface area contributed by atoms with Gasteiger partial charge in [0, 0.05) is 5.02 Å². The molecule has 0 aliphatic heterocycles. The maximum atomic E-state index is 5.87. The molecule has 132 valence electrons. The van der Waals surface area contributed by atoms with E-state index in [0.29, 0.717) is 28.2 Å². The summed E-state index contributed by atoms with van der Waals surface area (Å²) in [6.07, 6.45) is 0. The van der Waals surface area contributed by atoms with Crippen molar-refractivity contribution in [3.8, 4) is 11.5 Å². The van der Waals surface area contributed by atoms with E-state index < -0.39 is 0 Å². The van der Waals surface area contributed by atoms with Crippen LogP contribution in [0, 0.1) is 6.92 Å². The predicted molar refractivity (Wildman–Crippen MR) is 100.0 cm³/mol. The lowest BCUT2D eigenvalue weighted by atomic mass is 10.2. The first kappa shape index (κ1) is 16.8. The van der Waals surface area contributed by atoms with Crippen LogP contribution >= 0.6 is 22.9 Å². The summed E-state index contributed by atoms with van der Waals surface area (Å²) in [6, 6.07) is 15.1. The van der Waals surface area contributed by atoms with Crippen LogP contribution in [-0.4, -0.2) is 19.8 Å². The van der Waals surface area contributed by atoms with Crippen LogP contribution in [0.2, 0.25) is 5.02 Å². The SMILES string of the molecule is Cc1ccccc1OCc1nn2c(COc3ccc(Cl)cc3)nnc2s1. The smallest absolute Gasteiger partial charge is 0.234 e. The fourth-order valence-electron chi connectivity index (χ4n) is 2.38. The van der Waals surface area contributed by atoms with E-state index in [1.54, 1.807) is 16.6 Å². The lowest BCUT2D eigenvalue weighted by Gasteiger charge is -2.06. The van der Waals surface area contributed by atoms with Crippen molar-refractivity contribution in [3.05, 3.63) is 69.9 Å². The summed E-state index contributed by atoms with van der Waals surface area (Å²) in [6.45, 7) is 2.67. The molecule has 4 aromatic rings. The molecule has 0 aliphatic rings. The molecule has 0 saturated carbocycles. The maximum absolute atomic E-state index is 5.87. The van der Waals surface area contributed by atoms with Gasteiger partial charge in [-0.1, -0.05) is 41.1 Å². The highest BCUT2D eigenvalue weighted by Crippen LogP contribution is 2.21. The Morgan fingerprint density at radius 2 is 1.81 bits per heavy atom. The number of rotatable bonds is 6. The molecule has 0 N–H and O–H groups in total. The topological polar surface area (TPSA) is 61.5 Å². The molecule has 0 spiro atoms. The van der Waals surface area contributed by atoms with Gasteiger partial charge < -0.3 is 9.47 Å². The molecule has 0 bridgehead atoms. The monoisotopic (exact) mass is 386 g/mol. The minimum atomic E-state index is 0.268. The molecule has 0 saturated heterocycles. The Hall–Kier alpha value is -2.64. The number of ether oxygens (including phenoxy) is 2. The van der Waals surface area contributed by atoms with Crippen molar-refractivity contribution in [2.24, 2.45) is 0 Å². The first-order valence-electron chi connectivity index (χ1n) is 7.96. The van der Waals surface area contributed by atoms with E-state index in [2.05, 4.69) is 15.3 Å². The van der Waals surface area contributed by atoms with Gasteiger partial charge in [-0.25, -0.2) is 0 Å². The van der Waals surface area contributed by atoms with Gasteiger partial charge >= 0.3 is 0 Å². The van der Waals surface area contributed by atoms with Crippen LogP contribution in [0.5, 0.6) is 11.5 Å². The van der Waals surface area contributed by atoms with Crippen molar-refractivity contribution in [1.82, 2.24) is 19.8 Å². The molecule has 4 rings (SSSR count). The molecule has 2 aromatic carbocycles. The summed E-state index contributed by atoms with van der Waals surface area (Å²) < 4.78 is 13.3. The molecule has 0 fully saturated rings. The summed E-state index contributed by atoms with van der Waals surface area (Å²) in [5.74, 6) is 2.20. The van der Waals surface area contributed by atoms with Crippen molar-refractivity contribution in [2.45, 2.75) is 20.1 Å². The van der Waals surface area contributed by atoms with Crippen LogP contribution in [0.3, 0.4) is 0 Å². The molecule has 0 amide bonds. The average molecular weight is 387 g/mol. The Morgan fingerprint density at radius 1 is 1.00 bits per heavy atom. The van der Waals surface area contributed by atoms with Gasteiger partial charge in [0.25, 0.3) is 0 Å². The Labute approximate surface area is 159 Å². The molecule has 2 aromatic heterocycles. The van der Waals surface area contributed by atoms with E-state index in [1.807, 2.05) is 43.3 Å². The van der Waals surface area contributed by atoms with Crippen molar-refractivity contribution >= 4 is 27.9 Å². The Kier molecular flexibility index (Phi) is 4.73. The Balaban J connectivity index is 1.44. The quantitative estimate of drug-likeness (QED) is 0.494. The number of para-hydroxylation sites is 1. The predicted octanol–water partition coefficient (Wildman–Crippen LogP) is 4.31. The van der Waals surface area contributed by atoms with E-state index in [9.17, 15) is 0 Å². The largest absolute Gasteiger partial charge is 0.486 e. The molecular formula is C18H15ClN4O2S. The summed E-state index contributed by atoms with van der Waals surface area (Å²) in [5, 5.41) is 14.3. The first-order valence-corrected chi connectivity index (χ1v) is 9.15. The summed E-state index contributed by atoms with van der Waals surface area (Å²) in [7, 11) is 0. The first-order chi connectivity index (χ1) is 12.7. The van der Waals surface area contributed by atoms with Crippen molar-refractivity contribution in [1.29, 1.82) is 0 Å². The lowest BCUT2D eigenvalue weighted by Crippen LogP contribution is -2.03. The highest BCUT2D eigenvalue weighted by atomic mass is 35.5. The van der Waals surface area contributed by atoms with Crippen LogP contribution in [0.1, 0.15) is 16.4 Å². The molecule has 0 unspecified atom stereocenters. The Bertz CT molecular complexity index is 1030. The van der Waals surface area contributed by atoms with Gasteiger partial charge in [-0.15, -0.1) is 10.2 Å². The van der Waals surface area contributed by atoms with Gasteiger partial charge in [0.15, 0.2) is 10.8 Å². The van der Waals surface area contributed by atoms with Crippen molar-refractivity contribution < 1.29 is 9.47 Å². The maximum Gasteiger partial charge on any atom is 0.234 e. The third-order valence-corrected chi connectivity index (χ3v) is 4.85. The van der Waals surface area contributed by atoms with Gasteiger partial charge in [-0.2, -0.15) is 9.61 Å². The van der Waals surface area contributed by atoms with E-state index >= 15 is 0 Å². The van der Waals surface area contributed by atoms with Crippen molar-refractivity contribution in [3.63, 3.8) is 0 Å². The number of halogens is 1. The third-order valence-electron chi connectivity index (χ3n) is 3.72. The van der Waals surface area contributed by atoms with Crippen LogP contribution in [0.4, 0.5) is 0 Å². The van der Waals surface area contributed by atoms with E-state index in [1.165, 1.54) is 11.3 Å². The zero-order valence-corrected chi connectivity index (χ0v) is 15.5. The summed E-state index contributed by atoms with van der Waals surface area (Å²) in [4.78, 5) is 0.711. The highest BCUT2D eigenvalue weighted by molar-refractivity contribution is 7.16. The van der Waals surface area contributed by atoms with E-state index in [4.69, 9.17) is 21.1 Å². The highest BCUT2D eigenvalue weighted by Gasteiger charge is 2.13. The Morgan fingerprint density at radius 3 is 2.62 bits per heavy atom. The van der Waals surface area contributed by atoms with Crippen LogP contribution in [0.15, 0.2) is 48.5 Å². The number of aryl methyl sites for hydroxylation is 1. The van der Waals surface area contributed by atoms with Crippen LogP contribution < -0.4 is 9.47 Å². The second kappa shape index (κ2) is 7.31. The minimum absolute atomic E-state index is 0.268. The minimum Gasteiger partial charge on any atom is -0.486 e. The van der Waals surface area contributed by atoms with E-state index in [-0.39, 0.29) is 6.61 Å². The number of nitrogens with zero attached hydrogens (tertiary/aromatic N) is 4. The van der Waals surface area contributed by atoms with Crippen LogP contribution in [-0.2, 0) is 13.2 Å². The van der Waals surface area contributed by atoms with Gasteiger partial charge in [-0.05, 0) is 42.8 Å². The molecule has 6 nitrogen and oxygen atoms in total. The third kappa shape index (κ3) is 3.63. The van der Waals surface area contributed by atoms with Gasteiger partial charge in [0.05, 0.1) is 0 Å². The zero-order chi connectivity index (χ0) is 17.9. The molecular weight excluding hydrogens is 372 g/mol. The number of hydrogen-bond acceptors (Lipinski definition) is 6. The zero-order valence-electron chi connectivity index (χ0n) is 13.9. The molecule has 0 atom stereocenters. The van der Waals surface area contributed by atoms with Gasteiger partial charge in [0.1, 0.15) is 24.7 Å². The van der Waals surface area contributed by atoms with Gasteiger partial charge in [-0.3, -0.25) is 0 Å². The molecule has 26 heavy (non-hydrogen) atoms. The number of benzene rings is 2. The van der Waals surface area contributed by atoms with Crippen LogP contribution in [0.25, 0.3) is 4.96 Å². The normalized spacial score (nSPS) is 11.0. The standard InChI is InChI=1S/C18H15ClN4O2S/c1-12-4-2-3-5-15(12)25-11-17-22-23-16(20-21-18(23)26-17)10-24-14-8-6-13(19)7-9-14/h2-9H,10-11H2,1H3. The second-order valence-corrected chi connectivity index (χ2v) is 7.08. The number of fused-ring (bicyclic) bond motifs is 1. The summed E-state index contributed by atoms with van der Waals surface area (Å²) in [5.41, 5.74) is 1.09. The van der Waals surface area contributed by atoms with Gasteiger partial charge in [0.2, 0.25) is 4.96 Å². The van der Waals surface area contributed by atoms with Crippen molar-refractivity contribution in [2.75, 3.05) is 0 Å². The fourth-order valence-corrected chi connectivity index (χ4v) is 3.27. The molecule has 8 heteroatoms. The molecule has 0 aliphatic carbocycles. The van der Waals surface area contributed by atoms with E-state index in [0.717, 1.165) is 16.3 Å². The number of hydrogen-bond donors (Lipinski definition) is 0. The summed E-state index contributed by atoms with van der Waals surface area (Å²) >= 11 is 7.32.